The van der Waals surface area contributed by atoms with E-state index in [1.54, 1.807) is 34.6 Å². The Morgan fingerprint density at radius 3 is 1.33 bits per heavy atom. The lowest BCUT2D eigenvalue weighted by Gasteiger charge is -2.24. The van der Waals surface area contributed by atoms with E-state index in [1.165, 1.54) is 0 Å². The molecule has 10 nitrogen and oxygen atoms in total. The van der Waals surface area contributed by atoms with Crippen molar-refractivity contribution in [2.24, 2.45) is 0 Å². The number of pyridine rings is 2. The lowest BCUT2D eigenvalue weighted by molar-refractivity contribution is -0.136. The van der Waals surface area contributed by atoms with Crippen LogP contribution in [0.25, 0.3) is 12.2 Å². The van der Waals surface area contributed by atoms with Gasteiger partial charge in [-0.3, -0.25) is 29.1 Å². The number of hydrogen-bond acceptors (Lipinski definition) is 6. The number of amides is 4. The van der Waals surface area contributed by atoms with Crippen molar-refractivity contribution in [3.63, 3.8) is 0 Å². The van der Waals surface area contributed by atoms with E-state index in [1.807, 2.05) is 84.9 Å². The van der Waals surface area contributed by atoms with Crippen LogP contribution in [-0.4, -0.2) is 68.6 Å². The summed E-state index contributed by atoms with van der Waals surface area (Å²) in [6.45, 7) is 1.15. The number of carbonyl (C=O) groups is 4. The first-order chi connectivity index (χ1) is 23.4. The molecule has 2 aliphatic rings. The summed E-state index contributed by atoms with van der Waals surface area (Å²) in [6.07, 6.45) is 14.0. The van der Waals surface area contributed by atoms with Gasteiger partial charge < -0.3 is 20.4 Å². The molecule has 2 fully saturated rings. The summed E-state index contributed by atoms with van der Waals surface area (Å²) in [7, 11) is 0. The zero-order valence-corrected chi connectivity index (χ0v) is 26.6. The molecule has 4 heterocycles. The number of nitrogens with one attached hydrogen (secondary N) is 2. The van der Waals surface area contributed by atoms with Crippen LogP contribution in [0.5, 0.6) is 0 Å². The summed E-state index contributed by atoms with van der Waals surface area (Å²) >= 11 is 0. The van der Waals surface area contributed by atoms with Gasteiger partial charge in [-0.15, -0.1) is 0 Å². The molecular formula is C38H38N6O4. The fourth-order valence-corrected chi connectivity index (χ4v) is 6.23. The molecular weight excluding hydrogens is 604 g/mol. The van der Waals surface area contributed by atoms with E-state index in [2.05, 4.69) is 20.6 Å². The molecule has 2 saturated heterocycles. The maximum Gasteiger partial charge on any atom is 0.247 e. The Kier molecular flexibility index (Phi) is 10.3. The van der Waals surface area contributed by atoms with Crippen molar-refractivity contribution in [3.05, 3.63) is 120 Å². The molecule has 2 aliphatic heterocycles. The van der Waals surface area contributed by atoms with E-state index in [0.717, 1.165) is 35.1 Å². The highest BCUT2D eigenvalue weighted by Crippen LogP contribution is 2.23. The van der Waals surface area contributed by atoms with Crippen LogP contribution in [0.2, 0.25) is 0 Å². The first-order valence-electron chi connectivity index (χ1n) is 16.3. The van der Waals surface area contributed by atoms with Crippen molar-refractivity contribution in [3.8, 4) is 0 Å². The lowest BCUT2D eigenvalue weighted by Crippen LogP contribution is -2.43. The highest BCUT2D eigenvalue weighted by atomic mass is 16.2. The van der Waals surface area contributed by atoms with E-state index in [4.69, 9.17) is 0 Å². The second kappa shape index (κ2) is 15.3. The molecule has 2 aromatic heterocycles. The number of carbonyl (C=O) groups excluding carboxylic acids is 4. The normalized spacial score (nSPS) is 17.4. The van der Waals surface area contributed by atoms with Crippen LogP contribution >= 0.6 is 0 Å². The Morgan fingerprint density at radius 1 is 0.583 bits per heavy atom. The summed E-state index contributed by atoms with van der Waals surface area (Å²) in [4.78, 5) is 63.3. The van der Waals surface area contributed by atoms with Crippen LogP contribution in [0.3, 0.4) is 0 Å². The maximum atomic E-state index is 13.1. The first-order valence-corrected chi connectivity index (χ1v) is 16.3. The third-order valence-corrected chi connectivity index (χ3v) is 8.79. The number of nitrogens with zero attached hydrogens (tertiary/aromatic N) is 4. The summed E-state index contributed by atoms with van der Waals surface area (Å²) in [5.41, 5.74) is 5.02. The summed E-state index contributed by atoms with van der Waals surface area (Å²) in [6, 6.07) is 21.4. The van der Waals surface area contributed by atoms with E-state index < -0.39 is 12.1 Å². The molecule has 2 N–H and O–H groups in total. The maximum absolute atomic E-state index is 13.1. The van der Waals surface area contributed by atoms with Crippen LogP contribution in [0, 0.1) is 0 Å². The average molecular weight is 643 g/mol. The lowest BCUT2D eigenvalue weighted by atomic mass is 10.1. The SMILES string of the molecule is O=C(Nc1ccc(/C=C/c2ccc(NC(=O)[C@@H]3CCCN3C(=O)Cc3ccncc3)cc2)cc1)[C@@H]1CCCN1C(=O)Cc1ccncc1. The molecule has 48 heavy (non-hydrogen) atoms. The second-order valence-corrected chi connectivity index (χ2v) is 12.1. The Bertz CT molecular complexity index is 1630. The Balaban J connectivity index is 0.985. The number of hydrogen-bond donors (Lipinski definition) is 2. The molecule has 0 aliphatic carbocycles. The van der Waals surface area contributed by atoms with Gasteiger partial charge in [0, 0.05) is 49.3 Å². The van der Waals surface area contributed by atoms with Crippen molar-refractivity contribution < 1.29 is 19.2 Å². The highest BCUT2D eigenvalue weighted by molar-refractivity contribution is 5.98. The molecule has 0 bridgehead atoms. The van der Waals surface area contributed by atoms with Gasteiger partial charge in [-0.25, -0.2) is 0 Å². The number of likely N-dealkylation sites (tertiary alicyclic amines) is 2. The molecule has 0 unspecified atom stereocenters. The van der Waals surface area contributed by atoms with Gasteiger partial charge in [0.1, 0.15) is 12.1 Å². The average Bonchev–Trinajstić information content (AvgIpc) is 3.81. The minimum absolute atomic E-state index is 0.0560. The molecule has 2 aromatic carbocycles. The number of anilines is 2. The number of benzene rings is 2. The van der Waals surface area contributed by atoms with Crippen LogP contribution in [0.1, 0.15) is 47.9 Å². The molecule has 0 radical (unpaired) electrons. The van der Waals surface area contributed by atoms with Crippen LogP contribution in [-0.2, 0) is 32.0 Å². The topological polar surface area (TPSA) is 125 Å². The zero-order valence-electron chi connectivity index (χ0n) is 26.6. The summed E-state index contributed by atoms with van der Waals surface area (Å²) in [5, 5.41) is 5.94. The minimum atomic E-state index is -0.483. The van der Waals surface area contributed by atoms with E-state index in [9.17, 15) is 19.2 Å². The Labute approximate surface area is 279 Å². The fourth-order valence-electron chi connectivity index (χ4n) is 6.23. The number of rotatable bonds is 10. The number of aromatic nitrogens is 2. The van der Waals surface area contributed by atoms with Crippen LogP contribution in [0.15, 0.2) is 97.6 Å². The van der Waals surface area contributed by atoms with Crippen LogP contribution in [0.4, 0.5) is 11.4 Å². The van der Waals surface area contributed by atoms with Gasteiger partial charge in [0.25, 0.3) is 0 Å². The first kappa shape index (κ1) is 32.3. The molecule has 0 saturated carbocycles. The molecule has 4 amide bonds. The van der Waals surface area contributed by atoms with Gasteiger partial charge in [0.15, 0.2) is 0 Å². The van der Waals surface area contributed by atoms with Crippen molar-refractivity contribution >= 4 is 47.2 Å². The van der Waals surface area contributed by atoms with Crippen molar-refractivity contribution in [2.45, 2.75) is 50.6 Å². The third-order valence-electron chi connectivity index (χ3n) is 8.79. The largest absolute Gasteiger partial charge is 0.330 e. The minimum Gasteiger partial charge on any atom is -0.330 e. The molecule has 244 valence electrons. The molecule has 2 atom stereocenters. The van der Waals surface area contributed by atoms with Crippen molar-refractivity contribution in [2.75, 3.05) is 23.7 Å². The smallest absolute Gasteiger partial charge is 0.247 e. The molecule has 4 aromatic rings. The molecule has 10 heteroatoms. The van der Waals surface area contributed by atoms with E-state index in [0.29, 0.717) is 37.3 Å². The quantitative estimate of drug-likeness (QED) is 0.235. The molecule has 0 spiro atoms. The summed E-state index contributed by atoms with van der Waals surface area (Å²) < 4.78 is 0. The van der Waals surface area contributed by atoms with Gasteiger partial charge in [-0.1, -0.05) is 36.4 Å². The predicted octanol–water partition coefficient (Wildman–Crippen LogP) is 4.99. The van der Waals surface area contributed by atoms with Crippen molar-refractivity contribution in [1.82, 2.24) is 19.8 Å². The van der Waals surface area contributed by atoms with Gasteiger partial charge in [0.2, 0.25) is 23.6 Å². The van der Waals surface area contributed by atoms with Crippen LogP contribution < -0.4 is 10.6 Å². The van der Waals surface area contributed by atoms with Gasteiger partial charge in [0.05, 0.1) is 12.8 Å². The highest BCUT2D eigenvalue weighted by Gasteiger charge is 2.35. The predicted molar refractivity (Wildman–Crippen MR) is 184 cm³/mol. The Morgan fingerprint density at radius 2 is 0.958 bits per heavy atom. The monoisotopic (exact) mass is 642 g/mol. The zero-order chi connectivity index (χ0) is 33.3. The van der Waals surface area contributed by atoms with Gasteiger partial charge in [-0.2, -0.15) is 0 Å². The molecule has 6 rings (SSSR count). The van der Waals surface area contributed by atoms with Crippen molar-refractivity contribution in [1.29, 1.82) is 0 Å². The standard InChI is InChI=1S/C38H38N6O4/c45-35(25-29-15-19-39-20-16-29)43-23-1-3-33(43)37(47)41-31-11-7-27(8-12-31)5-6-28-9-13-32(14-10-28)42-38(48)34-4-2-24-44(34)36(46)26-30-17-21-40-22-18-30/h5-22,33-34H,1-4,23-26H2,(H,41,47)(H,42,48)/b6-5+/t33-,34-/m0/s1. The van der Waals surface area contributed by atoms with Gasteiger partial charge in [-0.05, 0) is 96.5 Å². The second-order valence-electron chi connectivity index (χ2n) is 12.1. The van der Waals surface area contributed by atoms with E-state index in [-0.39, 0.29) is 36.5 Å². The van der Waals surface area contributed by atoms with Gasteiger partial charge >= 0.3 is 0 Å². The van der Waals surface area contributed by atoms with E-state index >= 15 is 0 Å². The third kappa shape index (κ3) is 8.19. The fraction of sp³-hybridized carbons (Fsp3) is 0.263. The summed E-state index contributed by atoms with van der Waals surface area (Å²) in [5.74, 6) is -0.467. The Hall–Kier alpha value is -5.64.